The second-order valence-corrected chi connectivity index (χ2v) is 4.66. The minimum absolute atomic E-state index is 0.448. The van der Waals surface area contributed by atoms with E-state index in [0.29, 0.717) is 6.92 Å². The Kier molecular flexibility index (Phi) is 3.53. The number of methoxy groups -OCH3 is 1. The van der Waals surface area contributed by atoms with Crippen molar-refractivity contribution in [1.82, 2.24) is 0 Å². The molecular formula is C10H17NO8. The summed E-state index contributed by atoms with van der Waals surface area (Å²) in [5, 5.41) is 59.1. The maximum absolute atomic E-state index is 11.5. The average molecular weight is 279 g/mol. The largest absolute Gasteiger partial charge is 0.484 e. The highest BCUT2D eigenvalue weighted by atomic mass is 16.6. The summed E-state index contributed by atoms with van der Waals surface area (Å²) in [4.78, 5) is 14.9. The molecule has 0 bridgehead atoms. The molecule has 0 aliphatic carbocycles. The number of aliphatic imine (C=N–C) groups is 1. The van der Waals surface area contributed by atoms with E-state index in [1.165, 1.54) is 0 Å². The van der Waals surface area contributed by atoms with Crippen LogP contribution >= 0.6 is 0 Å². The monoisotopic (exact) mass is 279 g/mol. The van der Waals surface area contributed by atoms with Crippen molar-refractivity contribution in [3.05, 3.63) is 0 Å². The summed E-state index contributed by atoms with van der Waals surface area (Å²) in [5.74, 6) is -8.18. The molecule has 110 valence electrons. The summed E-state index contributed by atoms with van der Waals surface area (Å²) in [6.45, 7) is 1.37. The van der Waals surface area contributed by atoms with Crippen LogP contribution in [0.25, 0.3) is 0 Å². The van der Waals surface area contributed by atoms with E-state index in [-0.39, 0.29) is 0 Å². The molecule has 0 amide bonds. The molecule has 0 aromatic rings. The summed E-state index contributed by atoms with van der Waals surface area (Å²) >= 11 is 0. The number of carbonyl (C=O) groups is 1. The van der Waals surface area contributed by atoms with E-state index in [9.17, 15) is 35.4 Å². The van der Waals surface area contributed by atoms with Gasteiger partial charge in [-0.1, -0.05) is 0 Å². The molecule has 9 heteroatoms. The summed E-state index contributed by atoms with van der Waals surface area (Å²) in [6, 6.07) is 0. The van der Waals surface area contributed by atoms with E-state index >= 15 is 0 Å². The van der Waals surface area contributed by atoms with Crippen LogP contribution in [0.4, 0.5) is 0 Å². The van der Waals surface area contributed by atoms with E-state index < -0.39 is 41.0 Å². The fraction of sp³-hybridized carbons (Fsp3) is 0.800. The van der Waals surface area contributed by atoms with Gasteiger partial charge in [0.15, 0.2) is 11.7 Å². The molecule has 0 saturated heterocycles. The van der Waals surface area contributed by atoms with Crippen molar-refractivity contribution in [2.75, 3.05) is 7.11 Å². The number of hydrogen-bond donors (Lipinski definition) is 6. The van der Waals surface area contributed by atoms with Gasteiger partial charge in [0, 0.05) is 0 Å². The summed E-state index contributed by atoms with van der Waals surface area (Å²) in [6.07, 6.45) is -0.855. The molecule has 19 heavy (non-hydrogen) atoms. The van der Waals surface area contributed by atoms with E-state index in [4.69, 9.17) is 0 Å². The fourth-order valence-corrected chi connectivity index (χ4v) is 2.08. The van der Waals surface area contributed by atoms with Crippen molar-refractivity contribution >= 4 is 11.7 Å². The number of ketones is 1. The number of nitrogens with zero attached hydrogens (tertiary/aromatic N) is 1. The van der Waals surface area contributed by atoms with E-state index in [2.05, 4.69) is 9.73 Å². The van der Waals surface area contributed by atoms with Crippen molar-refractivity contribution in [3.63, 3.8) is 0 Å². The topological polar surface area (TPSA) is 160 Å². The molecule has 1 heterocycles. The third-order valence-electron chi connectivity index (χ3n) is 3.18. The van der Waals surface area contributed by atoms with Crippen LogP contribution in [0.1, 0.15) is 20.3 Å². The van der Waals surface area contributed by atoms with Crippen molar-refractivity contribution in [3.8, 4) is 0 Å². The van der Waals surface area contributed by atoms with Crippen LogP contribution < -0.4 is 0 Å². The highest BCUT2D eigenvalue weighted by Gasteiger charge is 2.75. The number of hydrogen-bond acceptors (Lipinski definition) is 9. The van der Waals surface area contributed by atoms with E-state index in [1.807, 2.05) is 0 Å². The van der Waals surface area contributed by atoms with Gasteiger partial charge in [0.05, 0.1) is 13.5 Å². The predicted octanol–water partition coefficient (Wildman–Crippen LogP) is -3.17. The smallest absolute Gasteiger partial charge is 0.258 e. The third-order valence-corrected chi connectivity index (χ3v) is 3.18. The van der Waals surface area contributed by atoms with Gasteiger partial charge in [-0.15, -0.1) is 0 Å². The third kappa shape index (κ3) is 1.95. The zero-order valence-electron chi connectivity index (χ0n) is 10.7. The number of carbonyl (C=O) groups excluding carboxylic acids is 1. The number of aliphatic hydroxyl groups is 6. The van der Waals surface area contributed by atoms with Crippen LogP contribution in [0, 0.1) is 0 Å². The second-order valence-electron chi connectivity index (χ2n) is 4.66. The van der Waals surface area contributed by atoms with Gasteiger partial charge in [0.1, 0.15) is 0 Å². The van der Waals surface area contributed by atoms with Gasteiger partial charge >= 0.3 is 0 Å². The molecule has 0 fully saturated rings. The van der Waals surface area contributed by atoms with Crippen LogP contribution in [-0.2, 0) is 9.53 Å². The Bertz CT molecular complexity index is 426. The summed E-state index contributed by atoms with van der Waals surface area (Å²) < 4.78 is 4.62. The van der Waals surface area contributed by atoms with Crippen LogP contribution in [0.5, 0.6) is 0 Å². The summed E-state index contributed by atoms with van der Waals surface area (Å²) in [5.41, 5.74) is -6.67. The number of ether oxygens (including phenoxy) is 1. The standard InChI is InChI=1S/C10H17NO8/c1-5(12)9(17)10(18,7(2,13)14)8(15,16)4-6(11-9)19-3/h13-18H,4H2,1-3H3. The molecule has 1 aliphatic rings. The molecule has 0 spiro atoms. The van der Waals surface area contributed by atoms with Crippen LogP contribution in [-0.4, -0.2) is 72.3 Å². The van der Waals surface area contributed by atoms with Gasteiger partial charge in [0.2, 0.25) is 17.2 Å². The minimum atomic E-state index is -3.47. The highest BCUT2D eigenvalue weighted by molar-refractivity contribution is 5.91. The van der Waals surface area contributed by atoms with Crippen molar-refractivity contribution in [2.24, 2.45) is 4.99 Å². The Morgan fingerprint density at radius 2 is 1.79 bits per heavy atom. The first kappa shape index (κ1) is 16.0. The molecule has 0 aromatic carbocycles. The molecule has 9 nitrogen and oxygen atoms in total. The first-order valence-corrected chi connectivity index (χ1v) is 5.31. The molecule has 2 unspecified atom stereocenters. The lowest BCUT2D eigenvalue weighted by molar-refractivity contribution is -0.408. The Balaban J connectivity index is 3.65. The first-order valence-electron chi connectivity index (χ1n) is 5.31. The fourth-order valence-electron chi connectivity index (χ4n) is 2.08. The minimum Gasteiger partial charge on any atom is -0.484 e. The Morgan fingerprint density at radius 3 is 2.11 bits per heavy atom. The quantitative estimate of drug-likeness (QED) is 0.288. The zero-order chi connectivity index (χ0) is 15.3. The maximum Gasteiger partial charge on any atom is 0.258 e. The average Bonchev–Trinajstić information content (AvgIpc) is 2.22. The van der Waals surface area contributed by atoms with E-state index in [1.54, 1.807) is 0 Å². The van der Waals surface area contributed by atoms with Gasteiger partial charge in [-0.25, -0.2) is 4.99 Å². The van der Waals surface area contributed by atoms with Crippen LogP contribution in [0.15, 0.2) is 4.99 Å². The van der Waals surface area contributed by atoms with Gasteiger partial charge in [-0.2, -0.15) is 0 Å². The molecule has 2 atom stereocenters. The number of rotatable bonds is 2. The maximum atomic E-state index is 11.5. The molecule has 1 rings (SSSR count). The van der Waals surface area contributed by atoms with Crippen molar-refractivity contribution < 1.29 is 40.2 Å². The van der Waals surface area contributed by atoms with Gasteiger partial charge in [0.25, 0.3) is 5.72 Å². The van der Waals surface area contributed by atoms with Crippen LogP contribution in [0.2, 0.25) is 0 Å². The van der Waals surface area contributed by atoms with Crippen molar-refractivity contribution in [2.45, 2.75) is 43.2 Å². The Morgan fingerprint density at radius 1 is 1.32 bits per heavy atom. The van der Waals surface area contributed by atoms with Crippen LogP contribution in [0.3, 0.4) is 0 Å². The Labute approximate surface area is 108 Å². The SMILES string of the molecule is COC1=NC(O)(C(C)=O)C(O)(C(C)(O)O)C(O)(O)C1. The normalized spacial score (nSPS) is 34.7. The first-order chi connectivity index (χ1) is 8.33. The molecule has 0 radical (unpaired) electrons. The lowest BCUT2D eigenvalue weighted by Gasteiger charge is -2.52. The lowest BCUT2D eigenvalue weighted by Crippen LogP contribution is -2.80. The Hall–Kier alpha value is -1.10. The van der Waals surface area contributed by atoms with Crippen molar-refractivity contribution in [1.29, 1.82) is 0 Å². The molecule has 0 saturated carbocycles. The molecule has 1 aliphatic heterocycles. The molecular weight excluding hydrogens is 262 g/mol. The molecule has 0 aromatic heterocycles. The van der Waals surface area contributed by atoms with Gasteiger partial charge < -0.3 is 35.4 Å². The zero-order valence-corrected chi connectivity index (χ0v) is 10.7. The van der Waals surface area contributed by atoms with E-state index in [0.717, 1.165) is 14.0 Å². The molecule has 6 N–H and O–H groups in total. The number of Topliss-reactive ketones (excluding diaryl/α,β-unsaturated/α-hetero) is 1. The highest BCUT2D eigenvalue weighted by Crippen LogP contribution is 2.45. The lowest BCUT2D eigenvalue weighted by atomic mass is 9.71. The van der Waals surface area contributed by atoms with Gasteiger partial charge in [-0.05, 0) is 13.8 Å². The van der Waals surface area contributed by atoms with Gasteiger partial charge in [-0.3, -0.25) is 4.79 Å². The summed E-state index contributed by atoms with van der Waals surface area (Å²) in [7, 11) is 1.09. The predicted molar refractivity (Wildman–Crippen MR) is 59.7 cm³/mol. The second kappa shape index (κ2) is 4.20.